The van der Waals surface area contributed by atoms with Gasteiger partial charge in [-0.25, -0.2) is 0 Å². The first-order valence-corrected chi connectivity index (χ1v) is 7.38. The van der Waals surface area contributed by atoms with E-state index < -0.39 is 9.04 Å². The highest BCUT2D eigenvalue weighted by Gasteiger charge is 2.04. The van der Waals surface area contributed by atoms with E-state index in [2.05, 4.69) is 38.2 Å². The first-order chi connectivity index (χ1) is 6.74. The lowest BCUT2D eigenvalue weighted by atomic mass is 10.2. The third kappa shape index (κ3) is 3.38. The normalized spacial score (nSPS) is 11.9. The van der Waals surface area contributed by atoms with E-state index in [4.69, 9.17) is 4.43 Å². The Morgan fingerprint density at radius 1 is 1.29 bits per heavy atom. The van der Waals surface area contributed by atoms with Crippen molar-refractivity contribution in [1.82, 2.24) is 0 Å². The third-order valence-electron chi connectivity index (χ3n) is 1.76. The van der Waals surface area contributed by atoms with Crippen molar-refractivity contribution in [3.8, 4) is 0 Å². The van der Waals surface area contributed by atoms with E-state index in [-0.39, 0.29) is 0 Å². The topological polar surface area (TPSA) is 9.23 Å². The van der Waals surface area contributed by atoms with Crippen LogP contribution in [-0.2, 0) is 4.43 Å². The van der Waals surface area contributed by atoms with Gasteiger partial charge in [0, 0.05) is 5.56 Å². The molecule has 1 radical (unpaired) electrons. The molecule has 0 amide bonds. The van der Waals surface area contributed by atoms with Gasteiger partial charge in [0.05, 0.1) is 0 Å². The third-order valence-corrected chi connectivity index (χ3v) is 2.39. The fourth-order valence-corrected chi connectivity index (χ4v) is 1.87. The van der Waals surface area contributed by atoms with E-state index in [1.807, 2.05) is 18.2 Å². The molecule has 0 unspecified atom stereocenters. The van der Waals surface area contributed by atoms with Crippen LogP contribution in [0.25, 0.3) is 5.76 Å². The molecule has 0 spiro atoms. The van der Waals surface area contributed by atoms with E-state index in [0.29, 0.717) is 0 Å². The Bertz CT molecular complexity index is 290. The second-order valence-electron chi connectivity index (χ2n) is 3.35. The highest BCUT2D eigenvalue weighted by Crippen LogP contribution is 2.17. The number of hydrogen-bond donors (Lipinski definition) is 0. The predicted molar refractivity (Wildman–Crippen MR) is 63.3 cm³/mol. The van der Waals surface area contributed by atoms with Gasteiger partial charge >= 0.3 is 0 Å². The second kappa shape index (κ2) is 5.65. The smallest absolute Gasteiger partial charge is 0.274 e. The zero-order chi connectivity index (χ0) is 10.4. The molecule has 0 atom stereocenters. The number of hydrogen-bond acceptors (Lipinski definition) is 1. The molecular formula is C12H17OSi. The van der Waals surface area contributed by atoms with Gasteiger partial charge in [0.25, 0.3) is 9.04 Å². The van der Waals surface area contributed by atoms with Crippen molar-refractivity contribution in [2.24, 2.45) is 0 Å². The van der Waals surface area contributed by atoms with Crippen LogP contribution in [0, 0.1) is 0 Å². The first-order valence-electron chi connectivity index (χ1n) is 4.97. The van der Waals surface area contributed by atoms with Crippen molar-refractivity contribution in [2.75, 3.05) is 0 Å². The lowest BCUT2D eigenvalue weighted by Crippen LogP contribution is -2.06. The molecule has 1 rings (SSSR count). The lowest BCUT2D eigenvalue weighted by Gasteiger charge is -2.12. The molecule has 75 valence electrons. The van der Waals surface area contributed by atoms with Crippen LogP contribution in [0.1, 0.15) is 18.9 Å². The molecule has 0 saturated carbocycles. The van der Waals surface area contributed by atoms with E-state index in [9.17, 15) is 0 Å². The molecule has 0 bridgehead atoms. The Morgan fingerprint density at radius 3 is 2.43 bits per heavy atom. The van der Waals surface area contributed by atoms with E-state index in [1.54, 1.807) is 0 Å². The Morgan fingerprint density at radius 2 is 1.93 bits per heavy atom. The van der Waals surface area contributed by atoms with Crippen LogP contribution in [0.5, 0.6) is 0 Å². The van der Waals surface area contributed by atoms with E-state index in [1.165, 1.54) is 5.56 Å². The number of benzene rings is 1. The molecule has 1 nitrogen and oxygen atoms in total. The summed E-state index contributed by atoms with van der Waals surface area (Å²) in [7, 11) is -0.671. The predicted octanol–water partition coefficient (Wildman–Crippen LogP) is 3.71. The summed E-state index contributed by atoms with van der Waals surface area (Å²) in [4.78, 5) is 0. The summed E-state index contributed by atoms with van der Waals surface area (Å²) < 4.78 is 5.84. The standard InChI is InChI=1S/C12H17OSi/c1-4-8-12(13-14(2)3)11-9-6-5-7-10-11/h5-10H,4H2,1-3H3/b12-8-. The Kier molecular flexibility index (Phi) is 4.46. The van der Waals surface area contributed by atoms with Crippen LogP contribution in [0.2, 0.25) is 13.1 Å². The van der Waals surface area contributed by atoms with Gasteiger partial charge in [-0.05, 0) is 25.6 Å². The van der Waals surface area contributed by atoms with Crippen LogP contribution in [-0.4, -0.2) is 9.04 Å². The van der Waals surface area contributed by atoms with Crippen molar-refractivity contribution in [1.29, 1.82) is 0 Å². The van der Waals surface area contributed by atoms with Crippen LogP contribution in [0.4, 0.5) is 0 Å². The van der Waals surface area contributed by atoms with Gasteiger partial charge < -0.3 is 4.43 Å². The summed E-state index contributed by atoms with van der Waals surface area (Å²) in [5.41, 5.74) is 1.18. The maximum absolute atomic E-state index is 5.84. The second-order valence-corrected chi connectivity index (χ2v) is 5.37. The molecule has 0 fully saturated rings. The molecule has 0 N–H and O–H groups in total. The summed E-state index contributed by atoms with van der Waals surface area (Å²) in [6.07, 6.45) is 3.16. The van der Waals surface area contributed by atoms with Crippen molar-refractivity contribution in [2.45, 2.75) is 26.4 Å². The van der Waals surface area contributed by atoms with Crippen LogP contribution in [0.15, 0.2) is 36.4 Å². The summed E-state index contributed by atoms with van der Waals surface area (Å²) in [5, 5.41) is 0. The monoisotopic (exact) mass is 205 g/mol. The molecule has 0 aromatic heterocycles. The molecule has 0 heterocycles. The van der Waals surface area contributed by atoms with E-state index >= 15 is 0 Å². The molecule has 0 saturated heterocycles. The Labute approximate surface area is 88.1 Å². The fourth-order valence-electron chi connectivity index (χ4n) is 1.23. The van der Waals surface area contributed by atoms with Gasteiger partial charge in [0.15, 0.2) is 0 Å². The molecule has 14 heavy (non-hydrogen) atoms. The summed E-state index contributed by atoms with van der Waals surface area (Å²) in [6.45, 7) is 6.43. The molecule has 0 aliphatic rings. The number of rotatable bonds is 4. The Hall–Kier alpha value is -1.02. The van der Waals surface area contributed by atoms with Crippen molar-refractivity contribution >= 4 is 14.8 Å². The first kappa shape index (κ1) is 11.1. The van der Waals surface area contributed by atoms with Gasteiger partial charge in [-0.15, -0.1) is 0 Å². The summed E-state index contributed by atoms with van der Waals surface area (Å²) in [5.74, 6) is 1.03. The zero-order valence-corrected chi connectivity index (χ0v) is 10.1. The minimum absolute atomic E-state index is 0.671. The van der Waals surface area contributed by atoms with Crippen LogP contribution in [0.3, 0.4) is 0 Å². The highest BCUT2D eigenvalue weighted by molar-refractivity contribution is 6.49. The zero-order valence-electron chi connectivity index (χ0n) is 9.08. The average molecular weight is 205 g/mol. The SMILES string of the molecule is CC/C=C(\O[Si](C)C)c1ccccc1. The minimum Gasteiger partial charge on any atom is -0.542 e. The van der Waals surface area contributed by atoms with Gasteiger partial charge in [-0.1, -0.05) is 37.3 Å². The van der Waals surface area contributed by atoms with Gasteiger partial charge in [0.1, 0.15) is 5.76 Å². The molecule has 0 aliphatic heterocycles. The van der Waals surface area contributed by atoms with Crippen molar-refractivity contribution in [3.63, 3.8) is 0 Å². The van der Waals surface area contributed by atoms with Crippen LogP contribution >= 0.6 is 0 Å². The maximum Gasteiger partial charge on any atom is 0.274 e. The van der Waals surface area contributed by atoms with Crippen molar-refractivity contribution in [3.05, 3.63) is 42.0 Å². The fraction of sp³-hybridized carbons (Fsp3) is 0.333. The largest absolute Gasteiger partial charge is 0.542 e. The average Bonchev–Trinajstić information content (AvgIpc) is 2.18. The van der Waals surface area contributed by atoms with Gasteiger partial charge in [-0.2, -0.15) is 0 Å². The molecular weight excluding hydrogens is 188 g/mol. The quantitative estimate of drug-likeness (QED) is 0.538. The minimum atomic E-state index is -0.671. The Balaban J connectivity index is 2.84. The molecule has 1 aromatic carbocycles. The van der Waals surface area contributed by atoms with Crippen LogP contribution < -0.4 is 0 Å². The summed E-state index contributed by atoms with van der Waals surface area (Å²) in [6, 6.07) is 10.3. The van der Waals surface area contributed by atoms with E-state index in [0.717, 1.165) is 12.2 Å². The maximum atomic E-state index is 5.84. The van der Waals surface area contributed by atoms with Gasteiger partial charge in [0.2, 0.25) is 0 Å². The van der Waals surface area contributed by atoms with Gasteiger partial charge in [-0.3, -0.25) is 0 Å². The molecule has 0 aliphatic carbocycles. The number of allylic oxidation sites excluding steroid dienone is 1. The molecule has 1 aromatic rings. The highest BCUT2D eigenvalue weighted by atomic mass is 28.3. The van der Waals surface area contributed by atoms with Crippen molar-refractivity contribution < 1.29 is 4.43 Å². The molecule has 2 heteroatoms. The lowest BCUT2D eigenvalue weighted by molar-refractivity contribution is 0.535. The summed E-state index contributed by atoms with van der Waals surface area (Å²) >= 11 is 0.